The molecule has 1 amide bonds. The first-order valence-corrected chi connectivity index (χ1v) is 8.74. The first kappa shape index (κ1) is 16.0. The smallest absolute Gasteiger partial charge is 0.255 e. The Morgan fingerprint density at radius 3 is 2.68 bits per heavy atom. The molecule has 1 spiro atoms. The zero-order valence-electron chi connectivity index (χ0n) is 14.2. The summed E-state index contributed by atoms with van der Waals surface area (Å²) in [6, 6.07) is 7.65. The lowest BCUT2D eigenvalue weighted by Crippen LogP contribution is -2.60. The molecule has 130 valence electrons. The van der Waals surface area contributed by atoms with Gasteiger partial charge < -0.3 is 14.5 Å². The highest BCUT2D eigenvalue weighted by molar-refractivity contribution is 5.94. The second-order valence-corrected chi connectivity index (χ2v) is 6.74. The van der Waals surface area contributed by atoms with Crippen LogP contribution < -0.4 is 4.90 Å². The molecule has 4 heterocycles. The van der Waals surface area contributed by atoms with Gasteiger partial charge in [-0.15, -0.1) is 0 Å². The summed E-state index contributed by atoms with van der Waals surface area (Å²) in [5, 5.41) is 0. The highest BCUT2D eigenvalue weighted by atomic mass is 16.5. The average molecular weight is 338 g/mol. The van der Waals surface area contributed by atoms with Gasteiger partial charge in [-0.3, -0.25) is 14.8 Å². The predicted molar refractivity (Wildman–Crippen MR) is 94.5 cm³/mol. The van der Waals surface area contributed by atoms with Crippen molar-refractivity contribution in [3.8, 4) is 0 Å². The van der Waals surface area contributed by atoms with Crippen molar-refractivity contribution < 1.29 is 9.53 Å². The van der Waals surface area contributed by atoms with Crippen molar-refractivity contribution >= 4 is 11.6 Å². The van der Waals surface area contributed by atoms with Crippen LogP contribution in [0, 0.1) is 0 Å². The number of hydrogen-bond acceptors (Lipinski definition) is 5. The molecule has 0 aliphatic carbocycles. The van der Waals surface area contributed by atoms with Crippen molar-refractivity contribution in [2.75, 3.05) is 37.7 Å². The Hall–Kier alpha value is -2.47. The third-order valence-corrected chi connectivity index (χ3v) is 4.99. The number of ether oxygens (including phenoxy) is 1. The molecule has 2 aromatic heterocycles. The van der Waals surface area contributed by atoms with E-state index in [-0.39, 0.29) is 11.5 Å². The number of aromatic nitrogens is 2. The van der Waals surface area contributed by atoms with Gasteiger partial charge in [0.1, 0.15) is 5.60 Å². The van der Waals surface area contributed by atoms with Gasteiger partial charge in [-0.25, -0.2) is 0 Å². The van der Waals surface area contributed by atoms with Gasteiger partial charge in [-0.1, -0.05) is 0 Å². The zero-order valence-corrected chi connectivity index (χ0v) is 14.2. The highest BCUT2D eigenvalue weighted by Gasteiger charge is 2.42. The average Bonchev–Trinajstić information content (AvgIpc) is 2.69. The molecule has 25 heavy (non-hydrogen) atoms. The van der Waals surface area contributed by atoms with Crippen molar-refractivity contribution in [1.29, 1.82) is 0 Å². The van der Waals surface area contributed by atoms with Crippen LogP contribution in [0.3, 0.4) is 0 Å². The lowest BCUT2D eigenvalue weighted by Gasteiger charge is -2.48. The molecule has 2 aromatic rings. The van der Waals surface area contributed by atoms with Crippen molar-refractivity contribution in [2.24, 2.45) is 0 Å². The van der Waals surface area contributed by atoms with Gasteiger partial charge in [0.05, 0.1) is 30.6 Å². The maximum Gasteiger partial charge on any atom is 0.255 e. The number of amides is 1. The Labute approximate surface area is 147 Å². The van der Waals surface area contributed by atoms with E-state index < -0.39 is 0 Å². The third kappa shape index (κ3) is 3.35. The largest absolute Gasteiger partial charge is 0.369 e. The van der Waals surface area contributed by atoms with E-state index in [4.69, 9.17) is 4.74 Å². The number of anilines is 1. The Morgan fingerprint density at radius 2 is 1.92 bits per heavy atom. The lowest BCUT2D eigenvalue weighted by atomic mass is 9.90. The fraction of sp³-hybridized carbons (Fsp3) is 0.421. The molecule has 2 aliphatic rings. The second-order valence-electron chi connectivity index (χ2n) is 6.74. The van der Waals surface area contributed by atoms with Crippen LogP contribution in [0.4, 0.5) is 5.69 Å². The van der Waals surface area contributed by atoms with Crippen LogP contribution in [-0.2, 0) is 4.74 Å². The molecule has 2 saturated heterocycles. The van der Waals surface area contributed by atoms with Crippen LogP contribution in [0.15, 0.2) is 49.1 Å². The standard InChI is InChI=1S/C19H22N4O2/c24-18(16-4-1-7-20-12-16)23-10-11-25-19(15-23)6-3-9-22(14-19)17-5-2-8-21-13-17/h1-2,4-5,7-8,12-13H,3,6,9-11,14-15H2. The Kier molecular flexibility index (Phi) is 4.36. The monoisotopic (exact) mass is 338 g/mol. The molecule has 6 heteroatoms. The maximum absolute atomic E-state index is 12.8. The molecule has 0 aromatic carbocycles. The third-order valence-electron chi connectivity index (χ3n) is 4.99. The molecule has 1 atom stereocenters. The van der Waals surface area contributed by atoms with Crippen molar-refractivity contribution in [3.05, 3.63) is 54.6 Å². The quantitative estimate of drug-likeness (QED) is 0.838. The van der Waals surface area contributed by atoms with Gasteiger partial charge in [0.15, 0.2) is 0 Å². The number of nitrogens with zero attached hydrogens (tertiary/aromatic N) is 4. The Balaban J connectivity index is 1.51. The van der Waals surface area contributed by atoms with Gasteiger partial charge in [0.25, 0.3) is 5.91 Å². The van der Waals surface area contributed by atoms with Gasteiger partial charge in [-0.05, 0) is 37.1 Å². The summed E-state index contributed by atoms with van der Waals surface area (Å²) in [6.45, 7) is 3.61. The molecule has 2 fully saturated rings. The molecular formula is C19H22N4O2. The summed E-state index contributed by atoms with van der Waals surface area (Å²) in [6.07, 6.45) is 9.01. The normalized spacial score (nSPS) is 23.7. The van der Waals surface area contributed by atoms with E-state index in [2.05, 4.69) is 20.9 Å². The number of carbonyl (C=O) groups excluding carboxylic acids is 1. The molecule has 0 bridgehead atoms. The van der Waals surface area contributed by atoms with Crippen LogP contribution in [0.5, 0.6) is 0 Å². The number of piperidine rings is 1. The zero-order chi connectivity index (χ0) is 17.1. The van der Waals surface area contributed by atoms with E-state index in [0.29, 0.717) is 25.3 Å². The summed E-state index contributed by atoms with van der Waals surface area (Å²) in [7, 11) is 0. The fourth-order valence-corrected chi connectivity index (χ4v) is 3.80. The second kappa shape index (κ2) is 6.80. The SMILES string of the molecule is O=C(c1cccnc1)N1CCOC2(CCCN(c3cccnc3)C2)C1. The molecule has 0 radical (unpaired) electrons. The molecular weight excluding hydrogens is 316 g/mol. The first-order valence-electron chi connectivity index (χ1n) is 8.74. The van der Waals surface area contributed by atoms with Gasteiger partial charge in [-0.2, -0.15) is 0 Å². The molecule has 4 rings (SSSR count). The van der Waals surface area contributed by atoms with Crippen molar-refractivity contribution in [1.82, 2.24) is 14.9 Å². The van der Waals surface area contributed by atoms with Gasteiger partial charge in [0.2, 0.25) is 0 Å². The fourth-order valence-electron chi connectivity index (χ4n) is 3.80. The molecule has 6 nitrogen and oxygen atoms in total. The summed E-state index contributed by atoms with van der Waals surface area (Å²) in [5.74, 6) is 0.0364. The van der Waals surface area contributed by atoms with Crippen LogP contribution >= 0.6 is 0 Å². The molecule has 2 aliphatic heterocycles. The topological polar surface area (TPSA) is 58.6 Å². The van der Waals surface area contributed by atoms with E-state index >= 15 is 0 Å². The number of hydrogen-bond donors (Lipinski definition) is 0. The lowest BCUT2D eigenvalue weighted by molar-refractivity contribution is -0.105. The Morgan fingerprint density at radius 1 is 1.08 bits per heavy atom. The number of rotatable bonds is 2. The van der Waals surface area contributed by atoms with Crippen LogP contribution in [0.25, 0.3) is 0 Å². The maximum atomic E-state index is 12.8. The van der Waals surface area contributed by atoms with Crippen LogP contribution in [0.2, 0.25) is 0 Å². The number of morpholine rings is 1. The minimum absolute atomic E-state index is 0.0364. The highest BCUT2D eigenvalue weighted by Crippen LogP contribution is 2.31. The van der Waals surface area contributed by atoms with E-state index in [9.17, 15) is 4.79 Å². The summed E-state index contributed by atoms with van der Waals surface area (Å²) in [4.78, 5) is 25.3. The van der Waals surface area contributed by atoms with Gasteiger partial charge in [0, 0.05) is 38.2 Å². The van der Waals surface area contributed by atoms with Gasteiger partial charge >= 0.3 is 0 Å². The molecule has 1 unspecified atom stereocenters. The van der Waals surface area contributed by atoms with E-state index in [1.165, 1.54) is 0 Å². The molecule has 0 N–H and O–H groups in total. The Bertz CT molecular complexity index is 721. The van der Waals surface area contributed by atoms with Crippen molar-refractivity contribution in [3.63, 3.8) is 0 Å². The van der Waals surface area contributed by atoms with E-state index in [0.717, 1.165) is 31.6 Å². The van der Waals surface area contributed by atoms with Crippen molar-refractivity contribution in [2.45, 2.75) is 18.4 Å². The van der Waals surface area contributed by atoms with Crippen LogP contribution in [-0.4, -0.2) is 59.2 Å². The number of pyridine rings is 2. The van der Waals surface area contributed by atoms with E-state index in [1.54, 1.807) is 24.7 Å². The summed E-state index contributed by atoms with van der Waals surface area (Å²) >= 11 is 0. The van der Waals surface area contributed by atoms with E-state index in [1.807, 2.05) is 23.2 Å². The molecule has 0 saturated carbocycles. The summed E-state index contributed by atoms with van der Waals surface area (Å²) < 4.78 is 6.20. The minimum atomic E-state index is -0.301. The minimum Gasteiger partial charge on any atom is -0.369 e. The predicted octanol–water partition coefficient (Wildman–Crippen LogP) is 1.99. The first-order chi connectivity index (χ1) is 12.3. The summed E-state index contributed by atoms with van der Waals surface area (Å²) in [5.41, 5.74) is 1.45. The van der Waals surface area contributed by atoms with Crippen LogP contribution in [0.1, 0.15) is 23.2 Å². The number of carbonyl (C=O) groups is 1.